The Hall–Kier alpha value is -1.46. The molecule has 0 unspecified atom stereocenters. The van der Waals surface area contributed by atoms with Crippen LogP contribution in [0.15, 0.2) is 101 Å². The predicted octanol–water partition coefficient (Wildman–Crippen LogP) is -3.88. The fraction of sp³-hybridized carbons (Fsp3) is 0.241. The standard InChI is InChI=1S/C29H31O2Si.3ClH.Ti/c1-20-21(2)23(4)29(22(20)3)32(26-14-8-7-9-15-26,27-16-10-12-24(18-27)30-5)28-17-11-13-25(19-28)31-6;;;;/h7-19H,1-6H3;3*1H;/q;;;;+3/p-3. The first kappa shape index (κ1) is 32.6. The minimum absolute atomic E-state index is 0. The van der Waals surface area contributed by atoms with Gasteiger partial charge in [0.25, 0.3) is 0 Å². The van der Waals surface area contributed by atoms with Crippen molar-refractivity contribution in [2.45, 2.75) is 31.0 Å². The Morgan fingerprint density at radius 3 is 1.36 bits per heavy atom. The number of halogens is 3. The van der Waals surface area contributed by atoms with Crippen molar-refractivity contribution in [1.82, 2.24) is 0 Å². The van der Waals surface area contributed by atoms with Gasteiger partial charge in [-0.2, -0.15) is 0 Å². The van der Waals surface area contributed by atoms with Gasteiger partial charge in [0.15, 0.2) is 0 Å². The maximum atomic E-state index is 5.73. The van der Waals surface area contributed by atoms with E-state index in [1.165, 1.54) is 37.9 Å². The quantitative estimate of drug-likeness (QED) is 0.215. The summed E-state index contributed by atoms with van der Waals surface area (Å²) in [5.41, 5.74) is 5.74. The normalized spacial score (nSPS) is 14.4. The molecule has 4 rings (SSSR count). The number of hydrogen-bond acceptors (Lipinski definition) is 2. The topological polar surface area (TPSA) is 18.5 Å². The molecule has 0 radical (unpaired) electrons. The van der Waals surface area contributed by atoms with Crippen LogP contribution in [0.1, 0.15) is 27.7 Å². The first-order valence-electron chi connectivity index (χ1n) is 11.3. The van der Waals surface area contributed by atoms with Crippen LogP contribution in [-0.4, -0.2) is 22.3 Å². The molecule has 0 spiro atoms. The van der Waals surface area contributed by atoms with Crippen molar-refractivity contribution in [2.75, 3.05) is 14.2 Å². The van der Waals surface area contributed by atoms with Crippen molar-refractivity contribution in [1.29, 1.82) is 0 Å². The van der Waals surface area contributed by atoms with Crippen LogP contribution in [0, 0.1) is 0 Å². The van der Waals surface area contributed by atoms with Crippen LogP contribution in [0.2, 0.25) is 3.34 Å². The van der Waals surface area contributed by atoms with Gasteiger partial charge in [0, 0.05) is 0 Å². The van der Waals surface area contributed by atoms with E-state index in [0.29, 0.717) is 0 Å². The first-order chi connectivity index (χ1) is 15.8. The zero-order chi connectivity index (χ0) is 23.8. The van der Waals surface area contributed by atoms with Gasteiger partial charge in [-0.1, -0.05) is 0 Å². The van der Waals surface area contributed by atoms with Gasteiger partial charge in [0.2, 0.25) is 0 Å². The number of allylic oxidation sites excluding steroid dienone is 4. The number of benzene rings is 3. The van der Waals surface area contributed by atoms with Gasteiger partial charge in [-0.25, -0.2) is 0 Å². The molecule has 188 valence electrons. The summed E-state index contributed by atoms with van der Waals surface area (Å²) in [6.45, 7) is 9.22. The van der Waals surface area contributed by atoms with Gasteiger partial charge in [-0.3, -0.25) is 0 Å². The smallest absolute Gasteiger partial charge is 1.00 e. The van der Waals surface area contributed by atoms with Gasteiger partial charge < -0.3 is 37.2 Å². The SMILES string of the molecule is COc1cccc([Si](c2ccccc2)(c2cccc(OC)c2)[C]2([Ti+3])C(C)=C(C)C(C)=C2C)c1.[Cl-].[Cl-].[Cl-]. The fourth-order valence-electron chi connectivity index (χ4n) is 5.52. The van der Waals surface area contributed by atoms with Gasteiger partial charge >= 0.3 is 211 Å². The summed E-state index contributed by atoms with van der Waals surface area (Å²) in [4.78, 5) is 0. The van der Waals surface area contributed by atoms with Gasteiger partial charge in [-0.05, 0) is 0 Å². The van der Waals surface area contributed by atoms with E-state index >= 15 is 0 Å². The molecule has 3 aromatic carbocycles. The van der Waals surface area contributed by atoms with Crippen molar-refractivity contribution in [3.8, 4) is 11.5 Å². The van der Waals surface area contributed by atoms with Crippen molar-refractivity contribution in [3.63, 3.8) is 0 Å². The molecule has 0 saturated heterocycles. The largest absolute Gasteiger partial charge is 1.00 e. The summed E-state index contributed by atoms with van der Waals surface area (Å²) in [7, 11) is 0.801. The van der Waals surface area contributed by atoms with Crippen LogP contribution >= 0.6 is 0 Å². The summed E-state index contributed by atoms with van der Waals surface area (Å²) in [5.74, 6) is 1.78. The second-order valence-electron chi connectivity index (χ2n) is 8.83. The molecule has 0 saturated carbocycles. The third-order valence-corrected chi connectivity index (χ3v) is 15.9. The van der Waals surface area contributed by atoms with Crippen LogP contribution in [0.4, 0.5) is 0 Å². The molecule has 1 aliphatic rings. The van der Waals surface area contributed by atoms with Crippen molar-refractivity contribution >= 4 is 23.6 Å². The van der Waals surface area contributed by atoms with Crippen molar-refractivity contribution in [2.24, 2.45) is 0 Å². The molecule has 0 amide bonds. The molecule has 0 fully saturated rings. The van der Waals surface area contributed by atoms with E-state index in [4.69, 9.17) is 9.47 Å². The van der Waals surface area contributed by atoms with E-state index in [2.05, 4.69) is 115 Å². The molecule has 1 aliphatic carbocycles. The summed E-state index contributed by atoms with van der Waals surface area (Å²) in [6.07, 6.45) is 0. The molecule has 2 nitrogen and oxygen atoms in total. The van der Waals surface area contributed by atoms with Crippen LogP contribution < -0.4 is 62.3 Å². The molecule has 0 aromatic heterocycles. The molecule has 0 bridgehead atoms. The molecule has 0 atom stereocenters. The zero-order valence-electron chi connectivity index (χ0n) is 21.5. The summed E-state index contributed by atoms with van der Waals surface area (Å²) in [5, 5.41) is 4.06. The predicted molar refractivity (Wildman–Crippen MR) is 137 cm³/mol. The maximum Gasteiger partial charge on any atom is -1.00 e. The summed E-state index contributed by atoms with van der Waals surface area (Å²) in [6, 6.07) is 28.6. The molecule has 0 N–H and O–H groups in total. The van der Waals surface area contributed by atoms with Crippen LogP contribution in [-0.2, 0) is 20.4 Å². The third-order valence-electron chi connectivity index (χ3n) is 7.59. The Morgan fingerprint density at radius 1 is 0.583 bits per heavy atom. The average Bonchev–Trinajstić information content (AvgIpc) is 3.01. The fourth-order valence-corrected chi connectivity index (χ4v) is 14.0. The van der Waals surface area contributed by atoms with Gasteiger partial charge in [0.1, 0.15) is 0 Å². The van der Waals surface area contributed by atoms with Crippen molar-refractivity contribution < 1.29 is 67.1 Å². The number of ether oxygens (including phenoxy) is 2. The van der Waals surface area contributed by atoms with E-state index in [1.54, 1.807) is 14.2 Å². The number of methoxy groups -OCH3 is 2. The van der Waals surface area contributed by atoms with E-state index in [9.17, 15) is 0 Å². The van der Waals surface area contributed by atoms with Crippen LogP contribution in [0.25, 0.3) is 0 Å². The molecular formula is C29H31Cl3O2SiTi. The molecule has 36 heavy (non-hydrogen) atoms. The summed E-state index contributed by atoms with van der Waals surface area (Å²) < 4.78 is 11.3. The van der Waals surface area contributed by atoms with E-state index in [0.717, 1.165) is 11.5 Å². The average molecular weight is 594 g/mol. The second-order valence-corrected chi connectivity index (χ2v) is 14.8. The van der Waals surface area contributed by atoms with Crippen molar-refractivity contribution in [3.05, 3.63) is 101 Å². The van der Waals surface area contributed by atoms with Crippen LogP contribution in [0.5, 0.6) is 11.5 Å². The minimum atomic E-state index is -2.70. The molecule has 0 heterocycles. The molecule has 0 aliphatic heterocycles. The Labute approximate surface area is 247 Å². The second kappa shape index (κ2) is 12.9. The summed E-state index contributed by atoms with van der Waals surface area (Å²) >= 11 is 2.47. The Morgan fingerprint density at radius 2 is 0.972 bits per heavy atom. The van der Waals surface area contributed by atoms with Gasteiger partial charge in [0.05, 0.1) is 0 Å². The number of rotatable bonds is 6. The molecule has 7 heteroatoms. The first-order valence-corrected chi connectivity index (χ1v) is 14.1. The monoisotopic (exact) mass is 592 g/mol. The van der Waals surface area contributed by atoms with E-state index in [-0.39, 0.29) is 40.6 Å². The molecule has 3 aromatic rings. The minimum Gasteiger partial charge on any atom is -1.00 e. The van der Waals surface area contributed by atoms with E-state index < -0.39 is 8.07 Å². The Balaban J connectivity index is 0.00000216. The molecular weight excluding hydrogens is 563 g/mol. The Kier molecular flexibility index (Phi) is 11.6. The number of hydrogen-bond donors (Lipinski definition) is 0. The third kappa shape index (κ3) is 4.87. The van der Waals surface area contributed by atoms with Gasteiger partial charge in [-0.15, -0.1) is 0 Å². The van der Waals surface area contributed by atoms with Crippen LogP contribution in [0.3, 0.4) is 0 Å². The van der Waals surface area contributed by atoms with E-state index in [1.807, 2.05) is 12.1 Å². The maximum absolute atomic E-state index is 5.73. The Bertz CT molecular complexity index is 1190. The zero-order valence-corrected chi connectivity index (χ0v) is 26.3.